The SMILES string of the molecule is CC(C)C1C2CCN(C(C)C)C21. The molecule has 0 aromatic carbocycles. The van der Waals surface area contributed by atoms with Gasteiger partial charge in [-0.1, -0.05) is 13.8 Å². The van der Waals surface area contributed by atoms with E-state index >= 15 is 0 Å². The van der Waals surface area contributed by atoms with Gasteiger partial charge in [-0.2, -0.15) is 0 Å². The molecule has 0 aromatic rings. The van der Waals surface area contributed by atoms with Gasteiger partial charge in [0.25, 0.3) is 0 Å². The lowest BCUT2D eigenvalue weighted by molar-refractivity contribution is 0.213. The first-order valence-corrected chi connectivity index (χ1v) is 5.38. The van der Waals surface area contributed by atoms with Crippen molar-refractivity contribution in [3.05, 3.63) is 0 Å². The molecule has 2 fully saturated rings. The molecule has 12 heavy (non-hydrogen) atoms. The Labute approximate surface area is 76.1 Å². The van der Waals surface area contributed by atoms with E-state index in [0.717, 1.165) is 29.8 Å². The third kappa shape index (κ3) is 1.10. The Morgan fingerprint density at radius 3 is 2.25 bits per heavy atom. The first-order valence-electron chi connectivity index (χ1n) is 5.38. The fourth-order valence-corrected chi connectivity index (χ4v) is 3.15. The van der Waals surface area contributed by atoms with Crippen LogP contribution in [0.4, 0.5) is 0 Å². The molecule has 0 N–H and O–H groups in total. The van der Waals surface area contributed by atoms with Crippen molar-refractivity contribution in [1.29, 1.82) is 0 Å². The van der Waals surface area contributed by atoms with Crippen LogP contribution in [-0.4, -0.2) is 23.5 Å². The van der Waals surface area contributed by atoms with Crippen molar-refractivity contribution in [2.24, 2.45) is 17.8 Å². The van der Waals surface area contributed by atoms with Crippen molar-refractivity contribution in [2.75, 3.05) is 6.54 Å². The molecule has 3 unspecified atom stereocenters. The minimum Gasteiger partial charge on any atom is -0.297 e. The van der Waals surface area contributed by atoms with Gasteiger partial charge in [0, 0.05) is 12.1 Å². The second-order valence-corrected chi connectivity index (χ2v) is 5.10. The van der Waals surface area contributed by atoms with Crippen LogP contribution in [0.15, 0.2) is 0 Å². The van der Waals surface area contributed by atoms with Gasteiger partial charge in [-0.3, -0.25) is 4.90 Å². The highest BCUT2D eigenvalue weighted by molar-refractivity contribution is 5.10. The Bertz CT molecular complexity index is 174. The molecule has 1 heterocycles. The summed E-state index contributed by atoms with van der Waals surface area (Å²) in [6, 6.07) is 1.73. The van der Waals surface area contributed by atoms with Crippen molar-refractivity contribution < 1.29 is 0 Å². The van der Waals surface area contributed by atoms with E-state index in [1.54, 1.807) is 0 Å². The number of piperidine rings is 1. The van der Waals surface area contributed by atoms with Gasteiger partial charge in [-0.05, 0) is 44.6 Å². The molecule has 1 saturated heterocycles. The van der Waals surface area contributed by atoms with E-state index in [9.17, 15) is 0 Å². The van der Waals surface area contributed by atoms with Gasteiger partial charge in [-0.25, -0.2) is 0 Å². The highest BCUT2D eigenvalue weighted by atomic mass is 15.3. The number of hydrogen-bond acceptors (Lipinski definition) is 1. The van der Waals surface area contributed by atoms with Crippen LogP contribution < -0.4 is 0 Å². The van der Waals surface area contributed by atoms with Gasteiger partial charge in [0.05, 0.1) is 0 Å². The van der Waals surface area contributed by atoms with Crippen LogP contribution in [0.2, 0.25) is 0 Å². The monoisotopic (exact) mass is 167 g/mol. The maximum absolute atomic E-state index is 2.70. The summed E-state index contributed by atoms with van der Waals surface area (Å²) in [4.78, 5) is 2.70. The van der Waals surface area contributed by atoms with E-state index in [0.29, 0.717) is 0 Å². The maximum Gasteiger partial charge on any atom is 0.0164 e. The minimum absolute atomic E-state index is 0.767. The average Bonchev–Trinajstić information content (AvgIpc) is 2.52. The number of fused-ring (bicyclic) bond motifs is 1. The molecular weight excluding hydrogens is 146 g/mol. The van der Waals surface area contributed by atoms with Crippen molar-refractivity contribution in [2.45, 2.75) is 46.2 Å². The molecule has 0 aromatic heterocycles. The van der Waals surface area contributed by atoms with Crippen molar-refractivity contribution in [3.8, 4) is 0 Å². The zero-order valence-corrected chi connectivity index (χ0v) is 8.75. The molecular formula is C11H21N. The normalized spacial score (nSPS) is 41.0. The van der Waals surface area contributed by atoms with E-state index in [1.807, 2.05) is 0 Å². The third-order valence-electron chi connectivity index (χ3n) is 3.72. The molecule has 1 heteroatoms. The van der Waals surface area contributed by atoms with Crippen LogP contribution >= 0.6 is 0 Å². The summed E-state index contributed by atoms with van der Waals surface area (Å²) >= 11 is 0. The van der Waals surface area contributed by atoms with Crippen molar-refractivity contribution >= 4 is 0 Å². The van der Waals surface area contributed by atoms with Gasteiger partial charge in [0.15, 0.2) is 0 Å². The molecule has 1 nitrogen and oxygen atoms in total. The quantitative estimate of drug-likeness (QED) is 0.610. The number of rotatable bonds is 2. The predicted octanol–water partition coefficient (Wildman–Crippen LogP) is 2.37. The summed E-state index contributed by atoms with van der Waals surface area (Å²) in [6.45, 7) is 10.8. The topological polar surface area (TPSA) is 3.24 Å². The van der Waals surface area contributed by atoms with E-state index < -0.39 is 0 Å². The Kier molecular flexibility index (Phi) is 1.95. The van der Waals surface area contributed by atoms with Crippen LogP contribution in [0, 0.1) is 17.8 Å². The summed E-state index contributed by atoms with van der Waals surface area (Å²) in [6.07, 6.45) is 1.46. The van der Waals surface area contributed by atoms with Gasteiger partial charge in [0.2, 0.25) is 0 Å². The Balaban J connectivity index is 1.98. The van der Waals surface area contributed by atoms with Crippen LogP contribution in [0.1, 0.15) is 34.1 Å². The van der Waals surface area contributed by atoms with Crippen molar-refractivity contribution in [3.63, 3.8) is 0 Å². The van der Waals surface area contributed by atoms with Crippen molar-refractivity contribution in [1.82, 2.24) is 4.90 Å². The van der Waals surface area contributed by atoms with E-state index in [1.165, 1.54) is 13.0 Å². The van der Waals surface area contributed by atoms with Gasteiger partial charge in [0.1, 0.15) is 0 Å². The largest absolute Gasteiger partial charge is 0.297 e. The highest BCUT2D eigenvalue weighted by Gasteiger charge is 2.58. The Morgan fingerprint density at radius 1 is 1.17 bits per heavy atom. The lowest BCUT2D eigenvalue weighted by atomic mass is 10.0. The summed E-state index contributed by atoms with van der Waals surface area (Å²) in [5.74, 6) is 3.00. The molecule has 2 rings (SSSR count). The van der Waals surface area contributed by atoms with Gasteiger partial charge < -0.3 is 0 Å². The number of hydrogen-bond donors (Lipinski definition) is 0. The predicted molar refractivity (Wildman–Crippen MR) is 52.1 cm³/mol. The molecule has 3 atom stereocenters. The van der Waals surface area contributed by atoms with E-state index in [2.05, 4.69) is 32.6 Å². The van der Waals surface area contributed by atoms with E-state index in [-0.39, 0.29) is 0 Å². The molecule has 70 valence electrons. The fraction of sp³-hybridized carbons (Fsp3) is 1.00. The highest BCUT2D eigenvalue weighted by Crippen LogP contribution is 2.54. The number of nitrogens with zero attached hydrogens (tertiary/aromatic N) is 1. The molecule has 0 amide bonds. The lowest BCUT2D eigenvalue weighted by Crippen LogP contribution is -2.32. The van der Waals surface area contributed by atoms with Gasteiger partial charge in [-0.15, -0.1) is 0 Å². The summed E-state index contributed by atoms with van der Waals surface area (Å²) in [7, 11) is 0. The zero-order valence-electron chi connectivity index (χ0n) is 8.75. The van der Waals surface area contributed by atoms with Crippen LogP contribution in [-0.2, 0) is 0 Å². The van der Waals surface area contributed by atoms with Gasteiger partial charge >= 0.3 is 0 Å². The first kappa shape index (κ1) is 8.55. The molecule has 1 aliphatic carbocycles. The first-order chi connectivity index (χ1) is 5.63. The zero-order chi connectivity index (χ0) is 8.88. The maximum atomic E-state index is 2.70. The summed E-state index contributed by atoms with van der Waals surface area (Å²) in [5.41, 5.74) is 0. The van der Waals surface area contributed by atoms with Crippen LogP contribution in [0.5, 0.6) is 0 Å². The molecule has 2 aliphatic rings. The minimum atomic E-state index is 0.767. The molecule has 0 spiro atoms. The summed E-state index contributed by atoms with van der Waals surface area (Å²) < 4.78 is 0. The number of likely N-dealkylation sites (tertiary alicyclic amines) is 1. The molecule has 0 radical (unpaired) electrons. The van der Waals surface area contributed by atoms with E-state index in [4.69, 9.17) is 0 Å². The molecule has 0 bridgehead atoms. The second kappa shape index (κ2) is 2.73. The molecule has 1 saturated carbocycles. The Hall–Kier alpha value is -0.0400. The fourth-order valence-electron chi connectivity index (χ4n) is 3.15. The summed E-state index contributed by atoms with van der Waals surface area (Å²) in [5, 5.41) is 0. The van der Waals surface area contributed by atoms with Crippen LogP contribution in [0.3, 0.4) is 0 Å². The standard InChI is InChI=1S/C11H21N/c1-7(2)10-9-5-6-12(8(3)4)11(9)10/h7-11H,5-6H2,1-4H3. The second-order valence-electron chi connectivity index (χ2n) is 5.10. The van der Waals surface area contributed by atoms with Crippen LogP contribution in [0.25, 0.3) is 0 Å². The lowest BCUT2D eigenvalue weighted by Gasteiger charge is -2.24. The average molecular weight is 167 g/mol. The molecule has 1 aliphatic heterocycles. The Morgan fingerprint density at radius 2 is 1.83 bits per heavy atom. The third-order valence-corrected chi connectivity index (χ3v) is 3.72. The smallest absolute Gasteiger partial charge is 0.0164 e.